The molecule has 1 atom stereocenters. The molecule has 1 rings (SSSR count). The van der Waals surface area contributed by atoms with Crippen molar-refractivity contribution in [2.24, 2.45) is 5.92 Å². The van der Waals surface area contributed by atoms with Gasteiger partial charge in [0.05, 0.1) is 0 Å². The predicted octanol–water partition coefficient (Wildman–Crippen LogP) is 2.10. The second-order valence-corrected chi connectivity index (χ2v) is 8.12. The number of likely N-dealkylation sites (N-methyl/N-ethyl adjacent to an activating group) is 1. The molecule has 1 N–H and O–H groups in total. The molecule has 5 nitrogen and oxygen atoms in total. The van der Waals surface area contributed by atoms with Gasteiger partial charge in [0.25, 0.3) is 0 Å². The first-order valence-electron chi connectivity index (χ1n) is 6.49. The van der Waals surface area contributed by atoms with E-state index in [1.165, 1.54) is 6.20 Å². The molecule has 0 saturated heterocycles. The number of rotatable bonds is 7. The van der Waals surface area contributed by atoms with Crippen LogP contribution in [0.3, 0.4) is 0 Å². The Bertz CT molecular complexity index is 532. The van der Waals surface area contributed by atoms with Gasteiger partial charge in [-0.15, -0.1) is 0 Å². The lowest BCUT2D eigenvalue weighted by molar-refractivity contribution is 0.255. The molecule has 0 bridgehead atoms. The highest BCUT2D eigenvalue weighted by Gasteiger charge is 2.19. The molecule has 0 saturated carbocycles. The second kappa shape index (κ2) is 7.49. The smallest absolute Gasteiger partial charge is 0.242 e. The van der Waals surface area contributed by atoms with Crippen LogP contribution in [0.4, 0.5) is 0 Å². The fraction of sp³-hybridized carbons (Fsp3) is 0.615. The van der Waals surface area contributed by atoms with Crippen LogP contribution < -0.4 is 4.72 Å². The Hall–Kier alpha value is -0.500. The van der Waals surface area contributed by atoms with Crippen LogP contribution in [-0.2, 0) is 10.0 Å². The Kier molecular flexibility index (Phi) is 6.57. The predicted molar refractivity (Wildman–Crippen MR) is 84.1 cm³/mol. The molecule has 0 amide bonds. The average molecular weight is 364 g/mol. The van der Waals surface area contributed by atoms with E-state index >= 15 is 0 Å². The van der Waals surface area contributed by atoms with Crippen molar-refractivity contribution in [2.75, 3.05) is 20.6 Å². The Morgan fingerprint density at radius 1 is 1.35 bits per heavy atom. The number of nitrogens with zero attached hydrogens (tertiary/aromatic N) is 2. The maximum Gasteiger partial charge on any atom is 0.242 e. The van der Waals surface area contributed by atoms with E-state index in [9.17, 15) is 8.42 Å². The molecule has 7 heteroatoms. The van der Waals surface area contributed by atoms with Crippen molar-refractivity contribution in [2.45, 2.75) is 31.2 Å². The minimum Gasteiger partial charge on any atom is -0.305 e. The molecule has 1 unspecified atom stereocenters. The minimum absolute atomic E-state index is 0.171. The Morgan fingerprint density at radius 2 is 2.00 bits per heavy atom. The van der Waals surface area contributed by atoms with Crippen LogP contribution in [0, 0.1) is 5.92 Å². The van der Waals surface area contributed by atoms with E-state index in [0.717, 1.165) is 6.42 Å². The molecule has 0 radical (unpaired) electrons. The van der Waals surface area contributed by atoms with Gasteiger partial charge in [0, 0.05) is 29.5 Å². The van der Waals surface area contributed by atoms with Gasteiger partial charge in [0.15, 0.2) is 0 Å². The summed E-state index contributed by atoms with van der Waals surface area (Å²) in [6.45, 7) is 4.65. The van der Waals surface area contributed by atoms with Crippen LogP contribution in [0.5, 0.6) is 0 Å². The second-order valence-electron chi connectivity index (χ2n) is 5.44. The van der Waals surface area contributed by atoms with Gasteiger partial charge < -0.3 is 4.90 Å². The van der Waals surface area contributed by atoms with Crippen LogP contribution >= 0.6 is 15.9 Å². The lowest BCUT2D eigenvalue weighted by atomic mass is 10.0. The zero-order valence-corrected chi connectivity index (χ0v) is 14.7. The van der Waals surface area contributed by atoms with E-state index in [-0.39, 0.29) is 10.9 Å². The van der Waals surface area contributed by atoms with Gasteiger partial charge >= 0.3 is 0 Å². The first-order chi connectivity index (χ1) is 9.22. The molecular weight excluding hydrogens is 342 g/mol. The Balaban J connectivity index is 2.76. The molecule has 1 heterocycles. The monoisotopic (exact) mass is 363 g/mol. The number of nitrogens with one attached hydrogen (secondary N) is 1. The van der Waals surface area contributed by atoms with Crippen molar-refractivity contribution < 1.29 is 8.42 Å². The van der Waals surface area contributed by atoms with E-state index in [0.29, 0.717) is 16.9 Å². The Morgan fingerprint density at radius 3 is 2.50 bits per heavy atom. The van der Waals surface area contributed by atoms with Gasteiger partial charge in [-0.25, -0.2) is 13.1 Å². The summed E-state index contributed by atoms with van der Waals surface area (Å²) >= 11 is 3.23. The van der Waals surface area contributed by atoms with E-state index in [1.54, 1.807) is 12.3 Å². The molecule has 0 aromatic carbocycles. The fourth-order valence-electron chi connectivity index (χ4n) is 1.85. The van der Waals surface area contributed by atoms with E-state index in [4.69, 9.17) is 0 Å². The number of aromatic nitrogens is 1. The summed E-state index contributed by atoms with van der Waals surface area (Å²) in [7, 11) is 0.404. The zero-order valence-electron chi connectivity index (χ0n) is 12.3. The van der Waals surface area contributed by atoms with E-state index in [1.807, 2.05) is 19.0 Å². The highest BCUT2D eigenvalue weighted by atomic mass is 79.9. The fourth-order valence-corrected chi connectivity index (χ4v) is 3.43. The van der Waals surface area contributed by atoms with E-state index in [2.05, 4.69) is 39.5 Å². The highest BCUT2D eigenvalue weighted by Crippen LogP contribution is 2.15. The largest absolute Gasteiger partial charge is 0.305 e. The molecule has 0 spiro atoms. The van der Waals surface area contributed by atoms with Crippen molar-refractivity contribution in [3.8, 4) is 0 Å². The first-order valence-corrected chi connectivity index (χ1v) is 8.76. The standard InChI is InChI=1S/C13H22BrN3O2S/c1-10(2)5-12(17(3)4)8-16-20(18,19)13-6-11(14)7-15-9-13/h6-7,9-10,12,16H,5,8H2,1-4H3. The lowest BCUT2D eigenvalue weighted by Gasteiger charge is -2.26. The molecule has 0 aliphatic carbocycles. The quantitative estimate of drug-likeness (QED) is 0.805. The van der Waals surface area contributed by atoms with Crippen LogP contribution in [0.2, 0.25) is 0 Å². The number of pyridine rings is 1. The summed E-state index contributed by atoms with van der Waals surface area (Å²) in [6, 6.07) is 1.72. The summed E-state index contributed by atoms with van der Waals surface area (Å²) in [5, 5.41) is 0. The third kappa shape index (κ3) is 5.47. The van der Waals surface area contributed by atoms with Gasteiger partial charge in [0.2, 0.25) is 10.0 Å². The average Bonchev–Trinajstić information content (AvgIpc) is 2.33. The van der Waals surface area contributed by atoms with Crippen molar-refractivity contribution in [3.05, 3.63) is 22.9 Å². The molecule has 0 fully saturated rings. The number of sulfonamides is 1. The van der Waals surface area contributed by atoms with Gasteiger partial charge in [-0.1, -0.05) is 13.8 Å². The lowest BCUT2D eigenvalue weighted by Crippen LogP contribution is -2.41. The molecule has 0 aliphatic heterocycles. The summed E-state index contributed by atoms with van der Waals surface area (Å²) < 4.78 is 27.7. The van der Waals surface area contributed by atoms with E-state index < -0.39 is 10.0 Å². The van der Waals surface area contributed by atoms with Gasteiger partial charge in [-0.05, 0) is 48.4 Å². The Labute approximate surface area is 130 Å². The van der Waals surface area contributed by atoms with Crippen molar-refractivity contribution in [1.29, 1.82) is 0 Å². The number of halogens is 1. The number of hydrogen-bond acceptors (Lipinski definition) is 4. The topological polar surface area (TPSA) is 62.3 Å². The summed E-state index contributed by atoms with van der Waals surface area (Å²) in [5.41, 5.74) is 0. The first kappa shape index (κ1) is 17.6. The summed E-state index contributed by atoms with van der Waals surface area (Å²) in [6.07, 6.45) is 3.84. The molecule has 20 heavy (non-hydrogen) atoms. The number of hydrogen-bond donors (Lipinski definition) is 1. The van der Waals surface area contributed by atoms with Crippen molar-refractivity contribution >= 4 is 26.0 Å². The normalized spacial score (nSPS) is 13.9. The maximum absolute atomic E-state index is 12.2. The molecular formula is C13H22BrN3O2S. The van der Waals surface area contributed by atoms with Gasteiger partial charge in [-0.2, -0.15) is 0 Å². The zero-order chi connectivity index (χ0) is 15.3. The third-order valence-electron chi connectivity index (χ3n) is 2.97. The van der Waals surface area contributed by atoms with Gasteiger partial charge in [-0.3, -0.25) is 4.98 Å². The van der Waals surface area contributed by atoms with Crippen molar-refractivity contribution in [1.82, 2.24) is 14.6 Å². The van der Waals surface area contributed by atoms with Crippen LogP contribution in [0.1, 0.15) is 20.3 Å². The van der Waals surface area contributed by atoms with Crippen LogP contribution in [-0.4, -0.2) is 45.0 Å². The summed E-state index contributed by atoms with van der Waals surface area (Å²) in [5.74, 6) is 0.513. The van der Waals surface area contributed by atoms with Gasteiger partial charge in [0.1, 0.15) is 4.90 Å². The molecule has 1 aromatic rings. The maximum atomic E-state index is 12.2. The molecule has 114 valence electrons. The SMILES string of the molecule is CC(C)CC(CNS(=O)(=O)c1cncc(Br)c1)N(C)C. The van der Waals surface area contributed by atoms with Crippen molar-refractivity contribution in [3.63, 3.8) is 0 Å². The minimum atomic E-state index is -3.52. The summed E-state index contributed by atoms with van der Waals surface area (Å²) in [4.78, 5) is 6.10. The molecule has 1 aromatic heterocycles. The third-order valence-corrected chi connectivity index (χ3v) is 4.80. The highest BCUT2D eigenvalue weighted by molar-refractivity contribution is 9.10. The van der Waals surface area contributed by atoms with Crippen LogP contribution in [0.15, 0.2) is 27.8 Å². The molecule has 0 aliphatic rings. The van der Waals surface area contributed by atoms with Crippen LogP contribution in [0.25, 0.3) is 0 Å².